The highest BCUT2D eigenvalue weighted by molar-refractivity contribution is 5.99. The van der Waals surface area contributed by atoms with Gasteiger partial charge in [0.25, 0.3) is 5.91 Å². The van der Waals surface area contributed by atoms with Crippen LogP contribution in [0.5, 0.6) is 11.5 Å². The largest absolute Gasteiger partial charge is 0.497 e. The highest BCUT2D eigenvalue weighted by Crippen LogP contribution is 2.25. The van der Waals surface area contributed by atoms with Crippen molar-refractivity contribution in [1.82, 2.24) is 9.78 Å². The van der Waals surface area contributed by atoms with E-state index in [1.165, 1.54) is 27.2 Å². The fourth-order valence-electron chi connectivity index (χ4n) is 2.42. The fraction of sp³-hybridized carbons (Fsp3) is 0.389. The van der Waals surface area contributed by atoms with Gasteiger partial charge in [0, 0.05) is 13.1 Å². The van der Waals surface area contributed by atoms with Crippen LogP contribution in [0.2, 0.25) is 0 Å². The van der Waals surface area contributed by atoms with Crippen LogP contribution in [0.15, 0.2) is 18.2 Å². The molecule has 1 heterocycles. The van der Waals surface area contributed by atoms with Gasteiger partial charge in [0.2, 0.25) is 0 Å². The summed E-state index contributed by atoms with van der Waals surface area (Å²) in [6.45, 7) is 5.14. The molecule has 8 nitrogen and oxygen atoms in total. The first kappa shape index (κ1) is 19.3. The fourth-order valence-corrected chi connectivity index (χ4v) is 2.42. The van der Waals surface area contributed by atoms with E-state index < -0.39 is 18.0 Å². The molecule has 0 aliphatic heterocycles. The molecule has 1 aromatic heterocycles. The van der Waals surface area contributed by atoms with Gasteiger partial charge in [0.1, 0.15) is 17.1 Å². The minimum absolute atomic E-state index is 0.210. The Morgan fingerprint density at radius 1 is 1.19 bits per heavy atom. The first-order chi connectivity index (χ1) is 12.3. The van der Waals surface area contributed by atoms with E-state index >= 15 is 0 Å². The van der Waals surface area contributed by atoms with Crippen molar-refractivity contribution in [3.8, 4) is 11.5 Å². The quantitative estimate of drug-likeness (QED) is 0.794. The molecule has 0 saturated carbocycles. The maximum Gasteiger partial charge on any atom is 0.342 e. The molecular formula is C18H23N3O5. The van der Waals surface area contributed by atoms with Crippen LogP contribution in [0.4, 0.5) is 5.69 Å². The highest BCUT2D eigenvalue weighted by atomic mass is 16.5. The molecule has 140 valence electrons. The molecule has 0 saturated heterocycles. The van der Waals surface area contributed by atoms with Crippen LogP contribution in [0.25, 0.3) is 0 Å². The number of nitrogens with zero attached hydrogens (tertiary/aromatic N) is 2. The normalized spacial score (nSPS) is 11.6. The average molecular weight is 361 g/mol. The Kier molecular flexibility index (Phi) is 5.86. The van der Waals surface area contributed by atoms with Crippen LogP contribution < -0.4 is 14.8 Å². The number of hydrogen-bond donors (Lipinski definition) is 1. The topological polar surface area (TPSA) is 91.7 Å². The molecule has 0 aliphatic rings. The van der Waals surface area contributed by atoms with E-state index in [0.717, 1.165) is 5.69 Å². The summed E-state index contributed by atoms with van der Waals surface area (Å²) in [4.78, 5) is 24.8. The lowest BCUT2D eigenvalue weighted by molar-refractivity contribution is -0.123. The first-order valence-corrected chi connectivity index (χ1v) is 8.02. The Morgan fingerprint density at radius 2 is 1.88 bits per heavy atom. The van der Waals surface area contributed by atoms with E-state index in [4.69, 9.17) is 14.2 Å². The van der Waals surface area contributed by atoms with Gasteiger partial charge in [-0.15, -0.1) is 0 Å². The minimum Gasteiger partial charge on any atom is -0.497 e. The molecule has 0 aliphatic carbocycles. The van der Waals surface area contributed by atoms with Gasteiger partial charge in [-0.25, -0.2) is 4.79 Å². The van der Waals surface area contributed by atoms with E-state index in [0.29, 0.717) is 22.9 Å². The summed E-state index contributed by atoms with van der Waals surface area (Å²) in [5.74, 6) is -0.246. The highest BCUT2D eigenvalue weighted by Gasteiger charge is 2.23. The van der Waals surface area contributed by atoms with E-state index in [9.17, 15) is 9.59 Å². The van der Waals surface area contributed by atoms with Crippen LogP contribution in [0.1, 0.15) is 28.7 Å². The van der Waals surface area contributed by atoms with Gasteiger partial charge in [0.05, 0.1) is 31.3 Å². The second kappa shape index (κ2) is 7.90. The maximum atomic E-state index is 12.4. The molecule has 26 heavy (non-hydrogen) atoms. The lowest BCUT2D eigenvalue weighted by Crippen LogP contribution is -2.30. The van der Waals surface area contributed by atoms with Crippen molar-refractivity contribution in [3.05, 3.63) is 35.2 Å². The molecule has 1 aromatic carbocycles. The molecule has 2 rings (SSSR count). The van der Waals surface area contributed by atoms with E-state index in [2.05, 4.69) is 10.4 Å². The summed E-state index contributed by atoms with van der Waals surface area (Å²) in [6.07, 6.45) is -0.992. The number of rotatable bonds is 6. The van der Waals surface area contributed by atoms with Crippen molar-refractivity contribution in [3.63, 3.8) is 0 Å². The number of aryl methyl sites for hydroxylation is 2. The summed E-state index contributed by atoms with van der Waals surface area (Å²) in [6, 6.07) is 4.72. The number of nitrogens with one attached hydrogen (secondary N) is 1. The average Bonchev–Trinajstić information content (AvgIpc) is 2.86. The first-order valence-electron chi connectivity index (χ1n) is 8.02. The lowest BCUT2D eigenvalue weighted by Gasteiger charge is -2.15. The number of methoxy groups -OCH3 is 2. The summed E-state index contributed by atoms with van der Waals surface area (Å²) in [5.41, 5.74) is 2.32. The second-order valence-corrected chi connectivity index (χ2v) is 5.77. The number of anilines is 1. The number of carbonyl (C=O) groups is 2. The van der Waals surface area contributed by atoms with Crippen LogP contribution in [0, 0.1) is 13.8 Å². The summed E-state index contributed by atoms with van der Waals surface area (Å²) >= 11 is 0. The van der Waals surface area contributed by atoms with Gasteiger partial charge in [-0.1, -0.05) is 0 Å². The zero-order valence-electron chi connectivity index (χ0n) is 15.7. The molecule has 8 heteroatoms. The smallest absolute Gasteiger partial charge is 0.342 e. The molecule has 0 unspecified atom stereocenters. The second-order valence-electron chi connectivity index (χ2n) is 5.77. The van der Waals surface area contributed by atoms with Crippen LogP contribution in [-0.4, -0.2) is 42.0 Å². The van der Waals surface area contributed by atoms with E-state index in [-0.39, 0.29) is 5.56 Å². The number of carbonyl (C=O) groups excluding carboxylic acids is 2. The number of esters is 1. The van der Waals surface area contributed by atoms with Gasteiger partial charge in [0.15, 0.2) is 6.10 Å². The summed E-state index contributed by atoms with van der Waals surface area (Å²) in [7, 11) is 4.74. The van der Waals surface area contributed by atoms with E-state index in [1.807, 2.05) is 6.92 Å². The monoisotopic (exact) mass is 361 g/mol. The number of amides is 1. The number of benzene rings is 1. The van der Waals surface area contributed by atoms with Crippen molar-refractivity contribution in [2.24, 2.45) is 7.05 Å². The van der Waals surface area contributed by atoms with Gasteiger partial charge in [-0.05, 0) is 32.9 Å². The number of aromatic nitrogens is 2. The lowest BCUT2D eigenvalue weighted by atomic mass is 10.2. The zero-order chi connectivity index (χ0) is 19.4. The van der Waals surface area contributed by atoms with Gasteiger partial charge in [-0.3, -0.25) is 9.48 Å². The molecule has 2 aromatic rings. The van der Waals surface area contributed by atoms with Gasteiger partial charge in [-0.2, -0.15) is 5.10 Å². The maximum absolute atomic E-state index is 12.4. The molecule has 0 fully saturated rings. The molecule has 0 spiro atoms. The van der Waals surface area contributed by atoms with Gasteiger partial charge < -0.3 is 19.5 Å². The Labute approximate surface area is 152 Å². The van der Waals surface area contributed by atoms with Gasteiger partial charge >= 0.3 is 5.97 Å². The van der Waals surface area contributed by atoms with Crippen molar-refractivity contribution in [2.45, 2.75) is 26.9 Å². The number of ether oxygens (including phenoxy) is 3. The third-order valence-corrected chi connectivity index (χ3v) is 4.04. The van der Waals surface area contributed by atoms with Crippen LogP contribution >= 0.6 is 0 Å². The van der Waals surface area contributed by atoms with E-state index in [1.54, 1.807) is 30.8 Å². The predicted octanol–water partition coefficient (Wildman–Crippen LogP) is 2.24. The Hall–Kier alpha value is -3.03. The predicted molar refractivity (Wildman–Crippen MR) is 95.7 cm³/mol. The molecule has 1 N–H and O–H groups in total. The SMILES string of the molecule is COc1ccc(C(=O)O[C@H](C)C(=O)Nc2c(C)nn(C)c2C)c(OC)c1. The third-order valence-electron chi connectivity index (χ3n) is 4.04. The summed E-state index contributed by atoms with van der Waals surface area (Å²) in [5, 5.41) is 6.99. The van der Waals surface area contributed by atoms with Crippen LogP contribution in [0.3, 0.4) is 0 Å². The molecule has 0 radical (unpaired) electrons. The standard InChI is InChI=1S/C18H23N3O5/c1-10-16(11(2)21(4)20-10)19-17(22)12(3)26-18(23)14-8-7-13(24-5)9-15(14)25-6/h7-9,12H,1-6H3,(H,19,22)/t12-/m1/s1. The number of hydrogen-bond acceptors (Lipinski definition) is 6. The molecular weight excluding hydrogens is 338 g/mol. The van der Waals surface area contributed by atoms with Crippen molar-refractivity contribution in [2.75, 3.05) is 19.5 Å². The minimum atomic E-state index is -0.992. The zero-order valence-corrected chi connectivity index (χ0v) is 15.7. The third kappa shape index (κ3) is 3.96. The Morgan fingerprint density at radius 3 is 2.42 bits per heavy atom. The molecule has 1 amide bonds. The Bertz CT molecular complexity index is 828. The summed E-state index contributed by atoms with van der Waals surface area (Å²) < 4.78 is 17.2. The Balaban J connectivity index is 2.10. The molecule has 0 bridgehead atoms. The molecule has 1 atom stereocenters. The van der Waals surface area contributed by atoms with Crippen LogP contribution in [-0.2, 0) is 16.6 Å². The van der Waals surface area contributed by atoms with Crippen molar-refractivity contribution in [1.29, 1.82) is 0 Å². The van der Waals surface area contributed by atoms with Crippen molar-refractivity contribution < 1.29 is 23.8 Å². The van der Waals surface area contributed by atoms with Crippen molar-refractivity contribution >= 4 is 17.6 Å².